The molecule has 2 aromatic carbocycles. The number of aromatic nitrogens is 1. The van der Waals surface area contributed by atoms with Crippen molar-refractivity contribution in [2.75, 3.05) is 37.7 Å². The van der Waals surface area contributed by atoms with Crippen LogP contribution in [-0.4, -0.2) is 58.7 Å². The van der Waals surface area contributed by atoms with Gasteiger partial charge in [-0.3, -0.25) is 9.69 Å². The van der Waals surface area contributed by atoms with E-state index in [0.29, 0.717) is 5.57 Å². The number of carbonyl (C=O) groups excluding carboxylic acids is 1. The Bertz CT molecular complexity index is 1190. The molecule has 0 radical (unpaired) electrons. The summed E-state index contributed by atoms with van der Waals surface area (Å²) in [6.07, 6.45) is 4.17. The number of likely N-dealkylation sites (N-methyl/N-ethyl adjacent to an activating group) is 1. The summed E-state index contributed by atoms with van der Waals surface area (Å²) in [6, 6.07) is 18.0. The van der Waals surface area contributed by atoms with Gasteiger partial charge in [-0.05, 0) is 37.7 Å². The zero-order valence-electron chi connectivity index (χ0n) is 18.7. The van der Waals surface area contributed by atoms with Crippen molar-refractivity contribution in [2.24, 2.45) is 5.10 Å². The molecule has 6 nitrogen and oxygen atoms in total. The van der Waals surface area contributed by atoms with Gasteiger partial charge in [0.25, 0.3) is 5.91 Å². The molecule has 6 heteroatoms. The quantitative estimate of drug-likeness (QED) is 0.577. The molecule has 0 unspecified atom stereocenters. The van der Waals surface area contributed by atoms with Crippen LogP contribution >= 0.6 is 0 Å². The molecule has 5 rings (SSSR count). The van der Waals surface area contributed by atoms with Gasteiger partial charge in [0.15, 0.2) is 0 Å². The highest BCUT2D eigenvalue weighted by molar-refractivity contribution is 6.32. The van der Waals surface area contributed by atoms with Crippen LogP contribution in [0.15, 0.2) is 71.5 Å². The van der Waals surface area contributed by atoms with Crippen LogP contribution in [0.5, 0.6) is 0 Å². The van der Waals surface area contributed by atoms with Gasteiger partial charge in [-0.2, -0.15) is 10.1 Å². The summed E-state index contributed by atoms with van der Waals surface area (Å²) in [5.41, 5.74) is 4.42. The molecule has 32 heavy (non-hydrogen) atoms. The molecule has 0 aliphatic carbocycles. The third-order valence-corrected chi connectivity index (χ3v) is 6.45. The number of anilines is 1. The van der Waals surface area contributed by atoms with E-state index in [4.69, 9.17) is 0 Å². The van der Waals surface area contributed by atoms with Gasteiger partial charge in [-0.1, -0.05) is 43.3 Å². The number of nitrogens with zero attached hydrogens (tertiary/aromatic N) is 5. The topological polar surface area (TPSA) is 44.1 Å². The summed E-state index contributed by atoms with van der Waals surface area (Å²) in [7, 11) is 0. The molecule has 3 heterocycles. The predicted molar refractivity (Wildman–Crippen MR) is 131 cm³/mol. The van der Waals surface area contributed by atoms with E-state index < -0.39 is 0 Å². The normalized spacial score (nSPS) is 19.3. The maximum Gasteiger partial charge on any atom is 0.280 e. The lowest BCUT2D eigenvalue weighted by molar-refractivity contribution is -0.114. The second kappa shape index (κ2) is 8.73. The van der Waals surface area contributed by atoms with Crippen LogP contribution in [0, 0.1) is 0 Å². The lowest BCUT2D eigenvalue weighted by Crippen LogP contribution is -2.46. The maximum absolute atomic E-state index is 13.2. The van der Waals surface area contributed by atoms with Crippen LogP contribution in [-0.2, 0) is 11.5 Å². The summed E-state index contributed by atoms with van der Waals surface area (Å²) in [4.78, 5) is 18.2. The molecule has 3 aromatic rings. The first kappa shape index (κ1) is 20.7. The number of amides is 1. The molecule has 0 atom stereocenters. The number of piperazine rings is 1. The van der Waals surface area contributed by atoms with E-state index in [1.807, 2.05) is 43.3 Å². The predicted octanol–water partition coefficient (Wildman–Crippen LogP) is 4.04. The smallest absolute Gasteiger partial charge is 0.280 e. The molecule has 1 saturated heterocycles. The number of hydrazone groups is 1. The Morgan fingerprint density at radius 3 is 2.38 bits per heavy atom. The molecule has 0 N–H and O–H groups in total. The van der Waals surface area contributed by atoms with Crippen LogP contribution < -0.4 is 5.01 Å². The third-order valence-electron chi connectivity index (χ3n) is 6.45. The van der Waals surface area contributed by atoms with E-state index in [1.54, 1.807) is 0 Å². The molecular weight excluding hydrogens is 398 g/mol. The van der Waals surface area contributed by atoms with Gasteiger partial charge < -0.3 is 9.47 Å². The number of hydrogen-bond donors (Lipinski definition) is 0. The number of fused-ring (bicyclic) bond motifs is 1. The SMILES string of the molecule is CCN1CCN(Cn2cc(/C=C3/C(=O)N(c4ccccc4)N=C3C)c3ccccc32)CC1. The van der Waals surface area contributed by atoms with Gasteiger partial charge in [0.1, 0.15) is 0 Å². The average molecular weight is 428 g/mol. The Kier molecular flexibility index (Phi) is 5.64. The van der Waals surface area contributed by atoms with E-state index >= 15 is 0 Å². The number of carbonyl (C=O) groups is 1. The molecule has 1 aromatic heterocycles. The Hall–Kier alpha value is -3.22. The first-order chi connectivity index (χ1) is 15.6. The number of rotatable bonds is 5. The number of hydrogen-bond acceptors (Lipinski definition) is 4. The van der Waals surface area contributed by atoms with Crippen molar-refractivity contribution < 1.29 is 4.79 Å². The molecule has 164 valence electrons. The second-order valence-electron chi connectivity index (χ2n) is 8.46. The highest BCUT2D eigenvalue weighted by atomic mass is 16.2. The molecule has 2 aliphatic heterocycles. The van der Waals surface area contributed by atoms with Crippen molar-refractivity contribution in [1.29, 1.82) is 0 Å². The van der Waals surface area contributed by atoms with Gasteiger partial charge in [0.2, 0.25) is 0 Å². The molecule has 2 aliphatic rings. The summed E-state index contributed by atoms with van der Waals surface area (Å²) in [5, 5.41) is 7.18. The van der Waals surface area contributed by atoms with Gasteiger partial charge in [0.05, 0.1) is 23.6 Å². The fraction of sp³-hybridized carbons (Fsp3) is 0.308. The Morgan fingerprint density at radius 1 is 0.938 bits per heavy atom. The molecule has 0 saturated carbocycles. The summed E-state index contributed by atoms with van der Waals surface area (Å²) < 4.78 is 2.31. The van der Waals surface area contributed by atoms with Crippen molar-refractivity contribution >= 4 is 34.3 Å². The van der Waals surface area contributed by atoms with E-state index in [0.717, 1.165) is 61.7 Å². The first-order valence-electron chi connectivity index (χ1n) is 11.3. The molecule has 1 fully saturated rings. The van der Waals surface area contributed by atoms with Crippen LogP contribution in [0.4, 0.5) is 5.69 Å². The number of benzene rings is 2. The number of para-hydroxylation sites is 2. The van der Waals surface area contributed by atoms with Crippen molar-refractivity contribution in [2.45, 2.75) is 20.5 Å². The minimum absolute atomic E-state index is 0.0822. The van der Waals surface area contributed by atoms with E-state index in [1.165, 1.54) is 10.5 Å². The van der Waals surface area contributed by atoms with Crippen LogP contribution in [0.2, 0.25) is 0 Å². The average Bonchev–Trinajstić information content (AvgIpc) is 3.32. The molecule has 0 spiro atoms. The first-order valence-corrected chi connectivity index (χ1v) is 11.3. The Morgan fingerprint density at radius 2 is 1.62 bits per heavy atom. The van der Waals surface area contributed by atoms with E-state index in [-0.39, 0.29) is 5.91 Å². The van der Waals surface area contributed by atoms with Crippen molar-refractivity contribution in [3.8, 4) is 0 Å². The summed E-state index contributed by atoms with van der Waals surface area (Å²) >= 11 is 0. The Balaban J connectivity index is 1.44. The van der Waals surface area contributed by atoms with Gasteiger partial charge in [-0.25, -0.2) is 0 Å². The molecule has 0 bridgehead atoms. The fourth-order valence-corrected chi connectivity index (χ4v) is 4.55. The molecular formula is C26H29N5O. The van der Waals surface area contributed by atoms with Gasteiger partial charge in [0, 0.05) is 48.8 Å². The zero-order valence-corrected chi connectivity index (χ0v) is 18.7. The highest BCUT2D eigenvalue weighted by Crippen LogP contribution is 2.28. The monoisotopic (exact) mass is 427 g/mol. The Labute approximate surface area is 189 Å². The summed E-state index contributed by atoms with van der Waals surface area (Å²) in [5.74, 6) is -0.0822. The van der Waals surface area contributed by atoms with Crippen LogP contribution in [0.25, 0.3) is 17.0 Å². The minimum Gasteiger partial charge on any atom is -0.333 e. The summed E-state index contributed by atoms with van der Waals surface area (Å²) in [6.45, 7) is 10.5. The highest BCUT2D eigenvalue weighted by Gasteiger charge is 2.29. The van der Waals surface area contributed by atoms with E-state index in [9.17, 15) is 4.79 Å². The molecule has 1 amide bonds. The van der Waals surface area contributed by atoms with Crippen LogP contribution in [0.1, 0.15) is 19.4 Å². The zero-order chi connectivity index (χ0) is 22.1. The van der Waals surface area contributed by atoms with Crippen molar-refractivity contribution in [1.82, 2.24) is 14.4 Å². The van der Waals surface area contributed by atoms with Crippen molar-refractivity contribution in [3.05, 3.63) is 71.9 Å². The maximum atomic E-state index is 13.2. The lowest BCUT2D eigenvalue weighted by atomic mass is 10.1. The second-order valence-corrected chi connectivity index (χ2v) is 8.46. The van der Waals surface area contributed by atoms with E-state index in [2.05, 4.69) is 56.9 Å². The standard InChI is InChI=1S/C26H29N5O/c1-3-28-13-15-29(16-14-28)19-30-18-21(23-11-7-8-12-25(23)30)17-24-20(2)27-31(26(24)32)22-9-5-4-6-10-22/h4-12,17-18H,3,13-16,19H2,1-2H3/b24-17+. The van der Waals surface area contributed by atoms with Crippen molar-refractivity contribution in [3.63, 3.8) is 0 Å². The lowest BCUT2D eigenvalue weighted by Gasteiger charge is -2.34. The minimum atomic E-state index is -0.0822. The fourth-order valence-electron chi connectivity index (χ4n) is 4.55. The van der Waals surface area contributed by atoms with Gasteiger partial charge >= 0.3 is 0 Å². The third kappa shape index (κ3) is 3.87. The largest absolute Gasteiger partial charge is 0.333 e. The van der Waals surface area contributed by atoms with Gasteiger partial charge in [-0.15, -0.1) is 0 Å². The van der Waals surface area contributed by atoms with Crippen LogP contribution in [0.3, 0.4) is 0 Å².